The first-order chi connectivity index (χ1) is 7.66. The molecule has 1 heterocycles. The zero-order valence-corrected chi connectivity index (χ0v) is 10.8. The monoisotopic (exact) mass is 379 g/mol. The number of nitrogens with two attached hydrogens (primary N) is 1. The zero-order valence-electron chi connectivity index (χ0n) is 7.80. The Labute approximate surface area is 107 Å². The molecule has 0 spiro atoms. The summed E-state index contributed by atoms with van der Waals surface area (Å²) < 4.78 is 46.7. The minimum atomic E-state index is -4.51. The third-order valence-corrected chi connectivity index (χ3v) is 4.16. The highest BCUT2D eigenvalue weighted by atomic mass is 127. The number of nitro groups is 1. The van der Waals surface area contributed by atoms with Crippen LogP contribution in [-0.2, 0) is 10.0 Å². The van der Waals surface area contributed by atoms with Crippen molar-refractivity contribution in [3.8, 4) is 0 Å². The standard InChI is InChI=1S/C6H4F2IN3O4S/c7-5(8)2-1-11-6(12(13)14)4(3(2)9)17(10,15)16/h1,5H,(H2,10,15,16). The summed E-state index contributed by atoms with van der Waals surface area (Å²) in [5.74, 6) is -1.07. The van der Waals surface area contributed by atoms with Crippen molar-refractivity contribution in [1.82, 2.24) is 4.98 Å². The molecule has 11 heteroatoms. The summed E-state index contributed by atoms with van der Waals surface area (Å²) in [6.07, 6.45) is -2.45. The Morgan fingerprint density at radius 3 is 2.41 bits per heavy atom. The van der Waals surface area contributed by atoms with Gasteiger partial charge in [-0.3, -0.25) is 0 Å². The van der Waals surface area contributed by atoms with Gasteiger partial charge in [0.25, 0.3) is 6.43 Å². The highest BCUT2D eigenvalue weighted by Gasteiger charge is 2.32. The molecule has 1 rings (SSSR count). The van der Waals surface area contributed by atoms with Gasteiger partial charge in [-0.05, 0) is 32.5 Å². The summed E-state index contributed by atoms with van der Waals surface area (Å²) in [6.45, 7) is 0. The summed E-state index contributed by atoms with van der Waals surface area (Å²) in [6, 6.07) is 0. The third kappa shape index (κ3) is 2.84. The molecule has 2 N–H and O–H groups in total. The molecule has 0 amide bonds. The van der Waals surface area contributed by atoms with E-state index < -0.39 is 41.2 Å². The summed E-state index contributed by atoms with van der Waals surface area (Å²) in [7, 11) is -4.51. The maximum atomic E-state index is 12.5. The molecule has 0 aromatic carbocycles. The Kier molecular flexibility index (Phi) is 3.93. The Morgan fingerprint density at radius 1 is 1.53 bits per heavy atom. The average molecular weight is 379 g/mol. The predicted octanol–water partition coefficient (Wildman–Crippen LogP) is 1.18. The number of aromatic nitrogens is 1. The quantitative estimate of drug-likeness (QED) is 0.481. The Morgan fingerprint density at radius 2 is 2.06 bits per heavy atom. The van der Waals surface area contributed by atoms with Crippen molar-refractivity contribution in [2.45, 2.75) is 11.3 Å². The number of alkyl halides is 2. The lowest BCUT2D eigenvalue weighted by atomic mass is 10.3. The smallest absolute Gasteiger partial charge is 0.358 e. The van der Waals surface area contributed by atoms with Crippen LogP contribution in [0.5, 0.6) is 0 Å². The van der Waals surface area contributed by atoms with E-state index in [1.165, 1.54) is 22.6 Å². The normalized spacial score (nSPS) is 11.8. The number of hydrogen-bond acceptors (Lipinski definition) is 5. The van der Waals surface area contributed by atoms with Crippen LogP contribution in [0.4, 0.5) is 14.6 Å². The summed E-state index contributed by atoms with van der Waals surface area (Å²) in [5.41, 5.74) is -0.722. The summed E-state index contributed by atoms with van der Waals surface area (Å²) >= 11 is 1.26. The molecule has 0 bridgehead atoms. The second-order valence-corrected chi connectivity index (χ2v) is 5.36. The first-order valence-electron chi connectivity index (χ1n) is 3.80. The number of nitrogens with zero attached hydrogens (tertiary/aromatic N) is 2. The lowest BCUT2D eigenvalue weighted by Gasteiger charge is -2.06. The number of halogens is 3. The molecular weight excluding hydrogens is 375 g/mol. The maximum absolute atomic E-state index is 12.5. The van der Waals surface area contributed by atoms with Crippen molar-refractivity contribution in [3.05, 3.63) is 25.4 Å². The highest BCUT2D eigenvalue weighted by Crippen LogP contribution is 2.32. The molecule has 0 saturated carbocycles. The van der Waals surface area contributed by atoms with Crippen molar-refractivity contribution in [1.29, 1.82) is 0 Å². The molecule has 0 aliphatic heterocycles. The van der Waals surface area contributed by atoms with E-state index in [9.17, 15) is 27.3 Å². The average Bonchev–Trinajstić information content (AvgIpc) is 2.14. The van der Waals surface area contributed by atoms with Gasteiger partial charge in [0.15, 0.2) is 4.90 Å². The molecule has 0 fully saturated rings. The summed E-state index contributed by atoms with van der Waals surface area (Å²) in [4.78, 5) is 11.5. The fourth-order valence-corrected chi connectivity index (χ4v) is 3.30. The van der Waals surface area contributed by atoms with E-state index >= 15 is 0 Å². The molecule has 0 radical (unpaired) electrons. The van der Waals surface area contributed by atoms with E-state index in [1.54, 1.807) is 0 Å². The van der Waals surface area contributed by atoms with Crippen molar-refractivity contribution < 1.29 is 22.1 Å². The molecule has 0 unspecified atom stereocenters. The van der Waals surface area contributed by atoms with Crippen LogP contribution in [0.2, 0.25) is 0 Å². The second-order valence-electron chi connectivity index (χ2n) is 2.78. The van der Waals surface area contributed by atoms with Gasteiger partial charge in [0, 0.05) is 0 Å². The van der Waals surface area contributed by atoms with Crippen molar-refractivity contribution in [2.24, 2.45) is 5.14 Å². The van der Waals surface area contributed by atoms with Crippen LogP contribution >= 0.6 is 22.6 Å². The second kappa shape index (κ2) is 4.73. The van der Waals surface area contributed by atoms with Crippen LogP contribution in [0, 0.1) is 13.7 Å². The lowest BCUT2D eigenvalue weighted by molar-refractivity contribution is -0.392. The number of pyridine rings is 1. The molecule has 17 heavy (non-hydrogen) atoms. The van der Waals surface area contributed by atoms with Crippen molar-refractivity contribution >= 4 is 38.4 Å². The van der Waals surface area contributed by atoms with E-state index in [1.807, 2.05) is 0 Å². The number of hydrogen-bond donors (Lipinski definition) is 1. The first-order valence-corrected chi connectivity index (χ1v) is 6.42. The number of primary sulfonamides is 1. The summed E-state index contributed by atoms with van der Waals surface area (Å²) in [5, 5.41) is 15.3. The minimum Gasteiger partial charge on any atom is -0.358 e. The number of sulfonamides is 1. The molecule has 1 aromatic heterocycles. The van der Waals surface area contributed by atoms with Gasteiger partial charge in [-0.25, -0.2) is 22.3 Å². The fourth-order valence-electron chi connectivity index (χ4n) is 1.01. The van der Waals surface area contributed by atoms with Crippen molar-refractivity contribution in [3.63, 3.8) is 0 Å². The van der Waals surface area contributed by atoms with Gasteiger partial charge in [0.05, 0.1) is 9.13 Å². The molecule has 0 saturated heterocycles. The Bertz CT molecular complexity index is 577. The van der Waals surface area contributed by atoms with E-state index in [-0.39, 0.29) is 0 Å². The minimum absolute atomic E-state index is 0.498. The van der Waals surface area contributed by atoms with Crippen LogP contribution in [0.25, 0.3) is 0 Å². The van der Waals surface area contributed by atoms with Crippen LogP contribution in [-0.4, -0.2) is 18.3 Å². The van der Waals surface area contributed by atoms with Crippen LogP contribution in [0.15, 0.2) is 11.1 Å². The molecular formula is C6H4F2IN3O4S. The topological polar surface area (TPSA) is 116 Å². The zero-order chi connectivity index (χ0) is 13.4. The first kappa shape index (κ1) is 14.1. The van der Waals surface area contributed by atoms with Gasteiger partial charge < -0.3 is 10.1 Å². The van der Waals surface area contributed by atoms with E-state index in [0.29, 0.717) is 6.20 Å². The molecule has 1 aromatic rings. The molecule has 0 atom stereocenters. The fraction of sp³-hybridized carbons (Fsp3) is 0.167. The third-order valence-electron chi connectivity index (χ3n) is 1.67. The maximum Gasteiger partial charge on any atom is 0.384 e. The van der Waals surface area contributed by atoms with E-state index in [4.69, 9.17) is 5.14 Å². The van der Waals surface area contributed by atoms with Gasteiger partial charge in [0.1, 0.15) is 6.20 Å². The van der Waals surface area contributed by atoms with Crippen LogP contribution in [0.1, 0.15) is 12.0 Å². The lowest BCUT2D eigenvalue weighted by Crippen LogP contribution is -2.18. The predicted molar refractivity (Wildman–Crippen MR) is 59.9 cm³/mol. The largest absolute Gasteiger partial charge is 0.384 e. The highest BCUT2D eigenvalue weighted by molar-refractivity contribution is 14.1. The van der Waals surface area contributed by atoms with Gasteiger partial charge >= 0.3 is 5.82 Å². The number of rotatable bonds is 3. The van der Waals surface area contributed by atoms with E-state index in [0.717, 1.165) is 0 Å². The molecule has 7 nitrogen and oxygen atoms in total. The van der Waals surface area contributed by atoms with Crippen LogP contribution < -0.4 is 5.14 Å². The van der Waals surface area contributed by atoms with Gasteiger partial charge in [-0.1, -0.05) is 0 Å². The SMILES string of the molecule is NS(=O)(=O)c1c([N+](=O)[O-])ncc(C(F)F)c1I. The molecule has 0 aliphatic carbocycles. The van der Waals surface area contributed by atoms with Gasteiger partial charge in [-0.15, -0.1) is 0 Å². The molecule has 0 aliphatic rings. The van der Waals surface area contributed by atoms with Gasteiger partial charge in [0.2, 0.25) is 10.0 Å². The Hall–Kier alpha value is -0.950. The van der Waals surface area contributed by atoms with Gasteiger partial charge in [-0.2, -0.15) is 0 Å². The molecule has 94 valence electrons. The Balaban J connectivity index is 3.72. The van der Waals surface area contributed by atoms with E-state index in [2.05, 4.69) is 4.98 Å². The van der Waals surface area contributed by atoms with Crippen molar-refractivity contribution in [2.75, 3.05) is 0 Å². The van der Waals surface area contributed by atoms with Crippen LogP contribution in [0.3, 0.4) is 0 Å².